The molecule has 0 aliphatic rings. The van der Waals surface area contributed by atoms with E-state index in [4.69, 9.17) is 8.83 Å². The highest BCUT2D eigenvalue weighted by Gasteiger charge is 2.15. The van der Waals surface area contributed by atoms with Crippen LogP contribution in [0.3, 0.4) is 0 Å². The Morgan fingerprint density at radius 2 is 1.79 bits per heavy atom. The van der Waals surface area contributed by atoms with Gasteiger partial charge in [0.15, 0.2) is 0 Å². The van der Waals surface area contributed by atoms with Gasteiger partial charge in [0.1, 0.15) is 11.6 Å². The number of carbonyl (C=O) groups excluding carboxylic acids is 2. The summed E-state index contributed by atoms with van der Waals surface area (Å²) in [7, 11) is 0. The van der Waals surface area contributed by atoms with Gasteiger partial charge >= 0.3 is 0 Å². The van der Waals surface area contributed by atoms with Crippen molar-refractivity contribution < 1.29 is 22.8 Å². The maximum atomic E-state index is 14.2. The second-order valence-electron chi connectivity index (χ2n) is 7.45. The number of halogens is 1. The Hall–Kier alpha value is -4.27. The van der Waals surface area contributed by atoms with Crippen LogP contribution in [0.5, 0.6) is 0 Å². The smallest absolute Gasteiger partial charge is 0.259 e. The highest BCUT2D eigenvalue weighted by molar-refractivity contribution is 6.05. The number of benzene rings is 2. The second kappa shape index (κ2) is 9.47. The molecule has 0 fully saturated rings. The summed E-state index contributed by atoms with van der Waals surface area (Å²) in [5, 5.41) is 13.2. The van der Waals surface area contributed by atoms with Crippen molar-refractivity contribution in [2.45, 2.75) is 26.7 Å². The zero-order chi connectivity index (χ0) is 23.4. The number of anilines is 2. The highest BCUT2D eigenvalue weighted by atomic mass is 19.1. The van der Waals surface area contributed by atoms with Gasteiger partial charge in [-0.3, -0.25) is 9.59 Å². The third-order valence-corrected chi connectivity index (χ3v) is 4.93. The molecule has 8 nitrogen and oxygen atoms in total. The fraction of sp³-hybridized carbons (Fsp3) is 0.167. The molecule has 33 heavy (non-hydrogen) atoms. The van der Waals surface area contributed by atoms with Crippen molar-refractivity contribution in [3.8, 4) is 11.5 Å². The van der Waals surface area contributed by atoms with Crippen molar-refractivity contribution in [2.24, 2.45) is 0 Å². The van der Waals surface area contributed by atoms with Crippen LogP contribution in [0.1, 0.15) is 34.0 Å². The summed E-state index contributed by atoms with van der Waals surface area (Å²) in [5.74, 6) is -0.314. The number of nitrogens with one attached hydrogen (secondary N) is 2. The van der Waals surface area contributed by atoms with E-state index in [9.17, 15) is 14.0 Å². The first kappa shape index (κ1) is 21.9. The quantitative estimate of drug-likeness (QED) is 0.416. The van der Waals surface area contributed by atoms with Gasteiger partial charge in [-0.2, -0.15) is 0 Å². The maximum Gasteiger partial charge on any atom is 0.259 e. The summed E-state index contributed by atoms with van der Waals surface area (Å²) in [5.41, 5.74) is 2.50. The molecule has 2 heterocycles. The van der Waals surface area contributed by atoms with E-state index in [0.717, 1.165) is 11.1 Å². The fourth-order valence-electron chi connectivity index (χ4n) is 3.12. The van der Waals surface area contributed by atoms with Gasteiger partial charge in [0.25, 0.3) is 5.91 Å². The number of furan rings is 1. The second-order valence-corrected chi connectivity index (χ2v) is 7.45. The SMILES string of the molecule is Cc1ccc(-c2nnc(CCC(=O)Nc3ccc(F)c(NC(=O)c4ccoc4C)c3)o2)cc1. The van der Waals surface area contributed by atoms with Gasteiger partial charge in [-0.15, -0.1) is 10.2 Å². The van der Waals surface area contributed by atoms with E-state index in [0.29, 0.717) is 28.8 Å². The van der Waals surface area contributed by atoms with Gasteiger partial charge < -0.3 is 19.5 Å². The first-order valence-electron chi connectivity index (χ1n) is 10.2. The van der Waals surface area contributed by atoms with Crippen LogP contribution in [0, 0.1) is 19.7 Å². The van der Waals surface area contributed by atoms with Crippen LogP contribution in [0.2, 0.25) is 0 Å². The molecule has 0 radical (unpaired) electrons. The van der Waals surface area contributed by atoms with Crippen LogP contribution in [-0.2, 0) is 11.2 Å². The summed E-state index contributed by atoms with van der Waals surface area (Å²) < 4.78 is 24.9. The molecular formula is C24H21FN4O4. The largest absolute Gasteiger partial charge is 0.469 e. The molecular weight excluding hydrogens is 427 g/mol. The van der Waals surface area contributed by atoms with E-state index in [1.54, 1.807) is 6.92 Å². The van der Waals surface area contributed by atoms with Gasteiger partial charge in [-0.05, 0) is 50.2 Å². The predicted molar refractivity (Wildman–Crippen MR) is 119 cm³/mol. The zero-order valence-electron chi connectivity index (χ0n) is 18.0. The maximum absolute atomic E-state index is 14.2. The van der Waals surface area contributed by atoms with Crippen LogP contribution < -0.4 is 10.6 Å². The van der Waals surface area contributed by atoms with Gasteiger partial charge in [0.05, 0.1) is 17.5 Å². The molecule has 4 aromatic rings. The van der Waals surface area contributed by atoms with Crippen molar-refractivity contribution in [2.75, 3.05) is 10.6 Å². The Kier molecular flexibility index (Phi) is 6.30. The molecule has 0 bridgehead atoms. The lowest BCUT2D eigenvalue weighted by Crippen LogP contribution is -2.15. The minimum atomic E-state index is -0.628. The Labute approximate surface area is 188 Å². The van der Waals surface area contributed by atoms with Crippen LogP contribution in [0.25, 0.3) is 11.5 Å². The molecule has 0 atom stereocenters. The van der Waals surface area contributed by atoms with Gasteiger partial charge in [0, 0.05) is 24.1 Å². The molecule has 0 saturated heterocycles. The normalized spacial score (nSPS) is 10.8. The van der Waals surface area contributed by atoms with Crippen molar-refractivity contribution >= 4 is 23.2 Å². The number of aryl methyl sites for hydroxylation is 3. The van der Waals surface area contributed by atoms with Crippen LogP contribution >= 0.6 is 0 Å². The zero-order valence-corrected chi connectivity index (χ0v) is 18.0. The van der Waals surface area contributed by atoms with E-state index in [1.165, 1.54) is 30.5 Å². The Balaban J connectivity index is 1.35. The Bertz CT molecular complexity index is 1290. The standard InChI is InChI=1S/C24H21FN4O4/c1-14-3-5-16(6-4-14)24-29-28-22(33-24)10-9-21(30)26-17-7-8-19(25)20(13-17)27-23(31)18-11-12-32-15(18)2/h3-8,11-13H,9-10H2,1-2H3,(H,26,30)(H,27,31). The van der Waals surface area contributed by atoms with E-state index in [-0.39, 0.29) is 24.4 Å². The van der Waals surface area contributed by atoms with Gasteiger partial charge in [-0.25, -0.2) is 4.39 Å². The molecule has 0 spiro atoms. The number of rotatable bonds is 7. The average Bonchev–Trinajstić information content (AvgIpc) is 3.44. The molecule has 0 saturated carbocycles. The van der Waals surface area contributed by atoms with Crippen molar-refractivity contribution in [1.82, 2.24) is 10.2 Å². The molecule has 0 unspecified atom stereocenters. The third kappa shape index (κ3) is 5.32. The minimum Gasteiger partial charge on any atom is -0.469 e. The molecule has 168 valence electrons. The Morgan fingerprint density at radius 3 is 2.52 bits per heavy atom. The van der Waals surface area contributed by atoms with E-state index in [2.05, 4.69) is 20.8 Å². The molecule has 2 N–H and O–H groups in total. The number of carbonyl (C=O) groups is 2. The van der Waals surface area contributed by atoms with E-state index >= 15 is 0 Å². The summed E-state index contributed by atoms with van der Waals surface area (Å²) in [4.78, 5) is 24.7. The molecule has 0 aliphatic carbocycles. The monoisotopic (exact) mass is 448 g/mol. The van der Waals surface area contributed by atoms with E-state index in [1.807, 2.05) is 31.2 Å². The van der Waals surface area contributed by atoms with Crippen molar-refractivity contribution in [1.29, 1.82) is 0 Å². The van der Waals surface area contributed by atoms with Crippen LogP contribution in [0.15, 0.2) is 63.6 Å². The first-order valence-corrected chi connectivity index (χ1v) is 10.2. The first-order chi connectivity index (χ1) is 15.9. The number of aromatic nitrogens is 2. The molecule has 0 aliphatic heterocycles. The number of hydrogen-bond donors (Lipinski definition) is 2. The van der Waals surface area contributed by atoms with Crippen LogP contribution in [-0.4, -0.2) is 22.0 Å². The molecule has 9 heteroatoms. The molecule has 4 rings (SSSR count). The van der Waals surface area contributed by atoms with Gasteiger partial charge in [0.2, 0.25) is 17.7 Å². The predicted octanol–water partition coefficient (Wildman–Crippen LogP) is 4.91. The summed E-state index contributed by atoms with van der Waals surface area (Å²) in [6.07, 6.45) is 1.71. The van der Waals surface area contributed by atoms with Crippen molar-refractivity contribution in [3.05, 3.63) is 83.4 Å². The minimum absolute atomic E-state index is 0.0574. The van der Waals surface area contributed by atoms with Crippen molar-refractivity contribution in [3.63, 3.8) is 0 Å². The number of nitrogens with zero attached hydrogens (tertiary/aromatic N) is 2. The summed E-state index contributed by atoms with van der Waals surface area (Å²) in [6.45, 7) is 3.62. The molecule has 2 amide bonds. The molecule has 2 aromatic carbocycles. The lowest BCUT2D eigenvalue weighted by molar-refractivity contribution is -0.116. The third-order valence-electron chi connectivity index (χ3n) is 4.93. The number of hydrogen-bond acceptors (Lipinski definition) is 6. The Morgan fingerprint density at radius 1 is 1.00 bits per heavy atom. The van der Waals surface area contributed by atoms with E-state index < -0.39 is 11.7 Å². The fourth-order valence-corrected chi connectivity index (χ4v) is 3.12. The highest BCUT2D eigenvalue weighted by Crippen LogP contribution is 2.22. The summed E-state index contributed by atoms with van der Waals surface area (Å²) in [6, 6.07) is 13.1. The number of amides is 2. The lowest BCUT2D eigenvalue weighted by Gasteiger charge is -2.09. The summed E-state index contributed by atoms with van der Waals surface area (Å²) >= 11 is 0. The topological polar surface area (TPSA) is 110 Å². The van der Waals surface area contributed by atoms with Crippen LogP contribution in [0.4, 0.5) is 15.8 Å². The molecule has 2 aromatic heterocycles. The van der Waals surface area contributed by atoms with Gasteiger partial charge in [-0.1, -0.05) is 17.7 Å². The average molecular weight is 448 g/mol. The lowest BCUT2D eigenvalue weighted by atomic mass is 10.1.